The van der Waals surface area contributed by atoms with Gasteiger partial charge < -0.3 is 14.4 Å². The fourth-order valence-corrected chi connectivity index (χ4v) is 3.06. The van der Waals surface area contributed by atoms with E-state index >= 15 is 0 Å². The first-order valence-electron chi connectivity index (χ1n) is 7.96. The summed E-state index contributed by atoms with van der Waals surface area (Å²) in [5, 5.41) is 0. The van der Waals surface area contributed by atoms with Crippen LogP contribution < -0.4 is 4.90 Å². The second kappa shape index (κ2) is 5.72. The van der Waals surface area contributed by atoms with Crippen molar-refractivity contribution in [2.24, 2.45) is 0 Å². The molecule has 5 heteroatoms. The number of hydrogen-bond acceptors (Lipinski definition) is 5. The van der Waals surface area contributed by atoms with Gasteiger partial charge in [-0.05, 0) is 49.1 Å². The number of hydrogen-bond donors (Lipinski definition) is 0. The smallest absolute Gasteiger partial charge is 0.348 e. The summed E-state index contributed by atoms with van der Waals surface area (Å²) in [6.07, 6.45) is 3.66. The lowest BCUT2D eigenvalue weighted by Gasteiger charge is -2.31. The van der Waals surface area contributed by atoms with Crippen molar-refractivity contribution in [3.8, 4) is 0 Å². The van der Waals surface area contributed by atoms with Crippen LogP contribution in [0.25, 0.3) is 6.08 Å². The Balaban J connectivity index is 1.91. The topological polar surface area (TPSA) is 55.8 Å². The second-order valence-electron chi connectivity index (χ2n) is 6.31. The molecule has 5 nitrogen and oxygen atoms in total. The van der Waals surface area contributed by atoms with Crippen LogP contribution in [0.3, 0.4) is 0 Å². The van der Waals surface area contributed by atoms with Crippen LogP contribution in [0.2, 0.25) is 0 Å². The van der Waals surface area contributed by atoms with Crippen LogP contribution in [-0.2, 0) is 25.5 Å². The summed E-state index contributed by atoms with van der Waals surface area (Å²) in [4.78, 5) is 26.4. The van der Waals surface area contributed by atoms with Crippen molar-refractivity contribution in [2.45, 2.75) is 39.4 Å². The lowest BCUT2D eigenvalue weighted by molar-refractivity contribution is -0.222. The van der Waals surface area contributed by atoms with Gasteiger partial charge in [0.15, 0.2) is 0 Å². The van der Waals surface area contributed by atoms with Gasteiger partial charge in [-0.25, -0.2) is 9.59 Å². The Morgan fingerprint density at radius 3 is 2.57 bits per heavy atom. The number of ether oxygens (including phenoxy) is 2. The number of rotatable bonds is 2. The zero-order valence-corrected chi connectivity index (χ0v) is 13.7. The van der Waals surface area contributed by atoms with Crippen LogP contribution in [0.1, 0.15) is 38.3 Å². The standard InChI is InChI=1S/C18H21NO4/c1-4-19-9-5-6-13-10-12(7-8-15(13)19)11-14-16(20)22-18(2,3)23-17(14)21/h7-8,10-11H,4-6,9H2,1-3H3. The Hall–Kier alpha value is -2.30. The number of cyclic esters (lactones) is 2. The molecule has 0 unspecified atom stereocenters. The van der Waals surface area contributed by atoms with E-state index in [1.165, 1.54) is 25.1 Å². The summed E-state index contributed by atoms with van der Waals surface area (Å²) in [6, 6.07) is 6.00. The molecule has 1 fully saturated rings. The minimum atomic E-state index is -1.21. The molecule has 2 aliphatic heterocycles. The van der Waals surface area contributed by atoms with Crippen LogP contribution in [0.4, 0.5) is 5.69 Å². The third kappa shape index (κ3) is 3.09. The van der Waals surface area contributed by atoms with E-state index in [2.05, 4.69) is 11.8 Å². The van der Waals surface area contributed by atoms with Gasteiger partial charge in [-0.2, -0.15) is 0 Å². The molecule has 0 saturated carbocycles. The Bertz CT molecular complexity index is 668. The van der Waals surface area contributed by atoms with Gasteiger partial charge in [0.2, 0.25) is 0 Å². The van der Waals surface area contributed by atoms with Gasteiger partial charge in [-0.15, -0.1) is 0 Å². The van der Waals surface area contributed by atoms with E-state index < -0.39 is 17.7 Å². The largest absolute Gasteiger partial charge is 0.419 e. The van der Waals surface area contributed by atoms with E-state index in [9.17, 15) is 9.59 Å². The predicted molar refractivity (Wildman–Crippen MR) is 86.9 cm³/mol. The monoisotopic (exact) mass is 315 g/mol. The minimum Gasteiger partial charge on any atom is -0.419 e. The van der Waals surface area contributed by atoms with Crippen LogP contribution in [0, 0.1) is 0 Å². The van der Waals surface area contributed by atoms with Crippen molar-refractivity contribution in [1.29, 1.82) is 0 Å². The highest BCUT2D eigenvalue weighted by molar-refractivity contribution is 6.18. The highest BCUT2D eigenvalue weighted by Crippen LogP contribution is 2.29. The fourth-order valence-electron chi connectivity index (χ4n) is 3.06. The summed E-state index contributed by atoms with van der Waals surface area (Å²) in [6.45, 7) is 7.26. The lowest BCUT2D eigenvalue weighted by atomic mass is 9.98. The first-order chi connectivity index (χ1) is 10.9. The normalized spacial score (nSPS) is 19.8. The molecule has 0 aromatic heterocycles. The van der Waals surface area contributed by atoms with Gasteiger partial charge in [-0.1, -0.05) is 6.07 Å². The van der Waals surface area contributed by atoms with Crippen molar-refractivity contribution in [3.63, 3.8) is 0 Å². The zero-order chi connectivity index (χ0) is 16.6. The first-order valence-corrected chi connectivity index (χ1v) is 7.96. The molecule has 0 atom stereocenters. The molecule has 0 radical (unpaired) electrons. The number of anilines is 1. The second-order valence-corrected chi connectivity index (χ2v) is 6.31. The minimum absolute atomic E-state index is 0.0626. The third-order valence-corrected chi connectivity index (χ3v) is 4.13. The molecule has 3 rings (SSSR count). The summed E-state index contributed by atoms with van der Waals surface area (Å²) < 4.78 is 10.2. The maximum Gasteiger partial charge on any atom is 0.348 e. The van der Waals surface area contributed by atoms with Gasteiger partial charge in [0.25, 0.3) is 5.79 Å². The molecular formula is C18H21NO4. The van der Waals surface area contributed by atoms with E-state index in [0.717, 1.165) is 31.5 Å². The molecule has 122 valence electrons. The first kappa shape index (κ1) is 15.6. The van der Waals surface area contributed by atoms with Gasteiger partial charge in [0.05, 0.1) is 0 Å². The molecule has 1 saturated heterocycles. The molecule has 0 amide bonds. The maximum absolute atomic E-state index is 12.0. The molecule has 0 aliphatic carbocycles. The average molecular weight is 315 g/mol. The highest BCUT2D eigenvalue weighted by Gasteiger charge is 2.38. The van der Waals surface area contributed by atoms with Crippen LogP contribution in [-0.4, -0.2) is 30.8 Å². The molecule has 1 aromatic carbocycles. The highest BCUT2D eigenvalue weighted by atomic mass is 16.7. The summed E-state index contributed by atoms with van der Waals surface area (Å²) in [7, 11) is 0. The number of carbonyl (C=O) groups excluding carboxylic acids is 2. The zero-order valence-electron chi connectivity index (χ0n) is 13.7. The Labute approximate surface area is 135 Å². The van der Waals surface area contributed by atoms with E-state index in [1.807, 2.05) is 18.2 Å². The Morgan fingerprint density at radius 2 is 1.91 bits per heavy atom. The number of aryl methyl sites for hydroxylation is 1. The molecule has 2 aliphatic rings. The van der Waals surface area contributed by atoms with Gasteiger partial charge in [0.1, 0.15) is 5.57 Å². The van der Waals surface area contributed by atoms with E-state index in [0.29, 0.717) is 0 Å². The fraction of sp³-hybridized carbons (Fsp3) is 0.444. The average Bonchev–Trinajstić information content (AvgIpc) is 2.49. The van der Waals surface area contributed by atoms with Crippen molar-refractivity contribution < 1.29 is 19.1 Å². The van der Waals surface area contributed by atoms with E-state index in [-0.39, 0.29) is 5.57 Å². The molecule has 23 heavy (non-hydrogen) atoms. The quantitative estimate of drug-likeness (QED) is 0.477. The van der Waals surface area contributed by atoms with Gasteiger partial charge >= 0.3 is 11.9 Å². The predicted octanol–water partition coefficient (Wildman–Crippen LogP) is 2.68. The van der Waals surface area contributed by atoms with Crippen LogP contribution in [0.15, 0.2) is 23.8 Å². The molecule has 2 heterocycles. The number of fused-ring (bicyclic) bond motifs is 1. The molecular weight excluding hydrogens is 294 g/mol. The number of esters is 2. The molecule has 0 spiro atoms. The van der Waals surface area contributed by atoms with Crippen LogP contribution in [0.5, 0.6) is 0 Å². The molecule has 0 N–H and O–H groups in total. The van der Waals surface area contributed by atoms with Gasteiger partial charge in [-0.3, -0.25) is 0 Å². The van der Waals surface area contributed by atoms with E-state index in [4.69, 9.17) is 9.47 Å². The Kier molecular flexibility index (Phi) is 3.88. The summed E-state index contributed by atoms with van der Waals surface area (Å²) in [5.74, 6) is -2.48. The van der Waals surface area contributed by atoms with Crippen molar-refractivity contribution in [1.82, 2.24) is 0 Å². The SMILES string of the molecule is CCN1CCCc2cc(C=C3C(=O)OC(C)(C)OC3=O)ccc21. The van der Waals surface area contributed by atoms with Gasteiger partial charge in [0, 0.05) is 32.6 Å². The molecule has 0 bridgehead atoms. The lowest BCUT2D eigenvalue weighted by Crippen LogP contribution is -2.41. The number of nitrogens with zero attached hydrogens (tertiary/aromatic N) is 1. The summed E-state index contributed by atoms with van der Waals surface area (Å²) >= 11 is 0. The molecule has 1 aromatic rings. The number of benzene rings is 1. The Morgan fingerprint density at radius 1 is 1.22 bits per heavy atom. The number of carbonyl (C=O) groups is 2. The van der Waals surface area contributed by atoms with E-state index in [1.54, 1.807) is 6.08 Å². The van der Waals surface area contributed by atoms with Crippen LogP contribution >= 0.6 is 0 Å². The van der Waals surface area contributed by atoms with Crippen molar-refractivity contribution in [3.05, 3.63) is 34.9 Å². The van der Waals surface area contributed by atoms with Crippen molar-refractivity contribution in [2.75, 3.05) is 18.0 Å². The maximum atomic E-state index is 12.0. The third-order valence-electron chi connectivity index (χ3n) is 4.13. The van der Waals surface area contributed by atoms with Crippen molar-refractivity contribution >= 4 is 23.7 Å². The summed E-state index contributed by atoms with van der Waals surface area (Å²) in [5.41, 5.74) is 3.22.